The number of rotatable bonds is 1. The fraction of sp³-hybridized carbons (Fsp3) is 0.412. The van der Waals surface area contributed by atoms with Crippen molar-refractivity contribution in [2.75, 3.05) is 30.3 Å². The maximum absolute atomic E-state index is 6.06. The van der Waals surface area contributed by atoms with Gasteiger partial charge < -0.3 is 16.0 Å². The number of nitrogens with zero attached hydrogens (tertiary/aromatic N) is 3. The maximum Gasteiger partial charge on any atom is 0.222 e. The summed E-state index contributed by atoms with van der Waals surface area (Å²) in [5.74, 6) is 2.08. The number of hydrogen-bond acceptors (Lipinski definition) is 6. The molecule has 3 aromatic rings. The van der Waals surface area contributed by atoms with Crippen LogP contribution < -0.4 is 16.0 Å². The van der Waals surface area contributed by atoms with Crippen molar-refractivity contribution in [3.8, 4) is 0 Å². The summed E-state index contributed by atoms with van der Waals surface area (Å²) in [4.78, 5) is 11.6. The van der Waals surface area contributed by atoms with Gasteiger partial charge in [0.1, 0.15) is 0 Å². The molecule has 2 aromatic heterocycles. The van der Waals surface area contributed by atoms with Crippen LogP contribution in [-0.2, 0) is 0 Å². The molecule has 3 N–H and O–H groups in total. The van der Waals surface area contributed by atoms with E-state index in [1.54, 1.807) is 11.3 Å². The van der Waals surface area contributed by atoms with Crippen LogP contribution >= 0.6 is 27.3 Å². The summed E-state index contributed by atoms with van der Waals surface area (Å²) < 4.78 is 3.44. The van der Waals surface area contributed by atoms with E-state index in [9.17, 15) is 0 Å². The zero-order chi connectivity index (χ0) is 16.3. The van der Waals surface area contributed by atoms with Crippen LogP contribution in [0.3, 0.4) is 0 Å². The van der Waals surface area contributed by atoms with Gasteiger partial charge in [-0.05, 0) is 43.5 Å². The molecule has 0 saturated carbocycles. The van der Waals surface area contributed by atoms with Crippen molar-refractivity contribution in [3.63, 3.8) is 0 Å². The summed E-state index contributed by atoms with van der Waals surface area (Å²) in [5.41, 5.74) is 7.03. The average molecular weight is 404 g/mol. The summed E-state index contributed by atoms with van der Waals surface area (Å²) in [6, 6.07) is 6.91. The number of halogens is 1. The van der Waals surface area contributed by atoms with Gasteiger partial charge in [0.25, 0.3) is 0 Å². The lowest BCUT2D eigenvalue weighted by molar-refractivity contribution is 0.340. The van der Waals surface area contributed by atoms with Crippen molar-refractivity contribution in [1.82, 2.24) is 15.3 Å². The Kier molecular flexibility index (Phi) is 3.43. The van der Waals surface area contributed by atoms with E-state index in [0.29, 0.717) is 17.9 Å². The molecule has 2 aliphatic rings. The third kappa shape index (κ3) is 2.29. The Bertz CT molecular complexity index is 926. The molecule has 7 heteroatoms. The summed E-state index contributed by atoms with van der Waals surface area (Å²) >= 11 is 5.32. The molecular formula is C17H18BrN5S. The molecule has 0 amide bonds. The van der Waals surface area contributed by atoms with Gasteiger partial charge in [0.15, 0.2) is 5.82 Å². The highest BCUT2D eigenvalue weighted by molar-refractivity contribution is 9.10. The predicted molar refractivity (Wildman–Crippen MR) is 104 cm³/mol. The molecule has 2 fully saturated rings. The Hall–Kier alpha value is -1.44. The van der Waals surface area contributed by atoms with E-state index >= 15 is 0 Å². The van der Waals surface area contributed by atoms with E-state index in [-0.39, 0.29) is 0 Å². The molecule has 4 heterocycles. The van der Waals surface area contributed by atoms with Gasteiger partial charge >= 0.3 is 0 Å². The summed E-state index contributed by atoms with van der Waals surface area (Å²) in [6.07, 6.45) is 2.57. The third-order valence-electron chi connectivity index (χ3n) is 5.17. The molecule has 0 radical (unpaired) electrons. The van der Waals surface area contributed by atoms with E-state index in [2.05, 4.69) is 54.3 Å². The number of benzene rings is 1. The smallest absolute Gasteiger partial charge is 0.222 e. The zero-order valence-corrected chi connectivity index (χ0v) is 15.5. The number of aromatic nitrogens is 2. The van der Waals surface area contributed by atoms with Gasteiger partial charge in [-0.2, -0.15) is 4.98 Å². The first-order valence-electron chi connectivity index (χ1n) is 8.32. The molecule has 0 aliphatic carbocycles. The first-order valence-corrected chi connectivity index (χ1v) is 9.93. The minimum atomic E-state index is 0.361. The molecule has 0 spiro atoms. The second-order valence-electron chi connectivity index (χ2n) is 6.69. The number of thiophene rings is 1. The molecule has 5 rings (SSSR count). The van der Waals surface area contributed by atoms with Gasteiger partial charge in [-0.15, -0.1) is 11.3 Å². The number of fused-ring (bicyclic) bond motifs is 4. The average Bonchev–Trinajstić information content (AvgIpc) is 3.15. The molecular weight excluding hydrogens is 386 g/mol. The third-order valence-corrected chi connectivity index (χ3v) is 6.82. The second kappa shape index (κ2) is 5.54. The number of nitrogens with two attached hydrogens (primary N) is 1. The Morgan fingerprint density at radius 3 is 3.08 bits per heavy atom. The highest BCUT2D eigenvalue weighted by Gasteiger charge is 2.35. The normalized spacial score (nSPS) is 24.0. The molecule has 124 valence electrons. The van der Waals surface area contributed by atoms with Gasteiger partial charge in [-0.25, -0.2) is 4.98 Å². The monoisotopic (exact) mass is 403 g/mol. The molecule has 2 saturated heterocycles. The van der Waals surface area contributed by atoms with E-state index in [1.165, 1.54) is 17.5 Å². The van der Waals surface area contributed by atoms with Crippen molar-refractivity contribution in [1.29, 1.82) is 0 Å². The lowest BCUT2D eigenvalue weighted by Crippen LogP contribution is -2.40. The van der Waals surface area contributed by atoms with Gasteiger partial charge in [0, 0.05) is 33.7 Å². The molecule has 24 heavy (non-hydrogen) atoms. The number of nitrogen functional groups attached to an aromatic ring is 1. The van der Waals surface area contributed by atoms with Crippen molar-refractivity contribution in [3.05, 3.63) is 22.7 Å². The fourth-order valence-corrected chi connectivity index (χ4v) is 5.55. The van der Waals surface area contributed by atoms with E-state index in [1.807, 2.05) is 0 Å². The molecule has 2 unspecified atom stereocenters. The second-order valence-corrected chi connectivity index (χ2v) is 8.66. The van der Waals surface area contributed by atoms with Crippen LogP contribution in [0, 0.1) is 5.92 Å². The number of nitrogens with one attached hydrogen (secondary N) is 1. The van der Waals surface area contributed by atoms with Crippen LogP contribution in [0.15, 0.2) is 22.7 Å². The van der Waals surface area contributed by atoms with Crippen LogP contribution in [0.4, 0.5) is 11.8 Å². The molecule has 2 atom stereocenters. The molecule has 0 bridgehead atoms. The minimum Gasteiger partial charge on any atom is -0.368 e. The Morgan fingerprint density at radius 1 is 1.29 bits per heavy atom. The van der Waals surface area contributed by atoms with Crippen LogP contribution in [0.1, 0.15) is 12.8 Å². The summed E-state index contributed by atoms with van der Waals surface area (Å²) in [6.45, 7) is 3.20. The van der Waals surface area contributed by atoms with E-state index in [0.717, 1.165) is 45.5 Å². The van der Waals surface area contributed by atoms with Crippen molar-refractivity contribution < 1.29 is 0 Å². The van der Waals surface area contributed by atoms with Crippen LogP contribution in [-0.4, -0.2) is 35.6 Å². The van der Waals surface area contributed by atoms with Gasteiger partial charge in [0.2, 0.25) is 5.95 Å². The van der Waals surface area contributed by atoms with Crippen LogP contribution in [0.2, 0.25) is 0 Å². The predicted octanol–water partition coefficient (Wildman–Crippen LogP) is 3.38. The maximum atomic E-state index is 6.06. The lowest BCUT2D eigenvalue weighted by Gasteiger charge is -2.24. The Balaban J connectivity index is 1.67. The van der Waals surface area contributed by atoms with Crippen LogP contribution in [0.5, 0.6) is 0 Å². The number of piperidine rings is 1. The fourth-order valence-electron chi connectivity index (χ4n) is 4.05. The Labute approximate surface area is 152 Å². The van der Waals surface area contributed by atoms with Crippen LogP contribution in [0.25, 0.3) is 20.3 Å². The molecule has 5 nitrogen and oxygen atoms in total. The van der Waals surface area contributed by atoms with Crippen molar-refractivity contribution in [2.45, 2.75) is 18.9 Å². The molecule has 1 aromatic carbocycles. The Morgan fingerprint density at radius 2 is 2.21 bits per heavy atom. The van der Waals surface area contributed by atoms with Crippen molar-refractivity contribution in [2.24, 2.45) is 5.92 Å². The van der Waals surface area contributed by atoms with Gasteiger partial charge in [-0.3, -0.25) is 0 Å². The highest BCUT2D eigenvalue weighted by Crippen LogP contribution is 2.40. The summed E-state index contributed by atoms with van der Waals surface area (Å²) in [7, 11) is 0. The quantitative estimate of drug-likeness (QED) is 0.651. The SMILES string of the molecule is Nc1nc(N2CC3CCCNC3C2)c2sc3ccc(Br)cc3c2n1. The first-order chi connectivity index (χ1) is 11.7. The van der Waals surface area contributed by atoms with Gasteiger partial charge in [-0.1, -0.05) is 15.9 Å². The van der Waals surface area contributed by atoms with E-state index in [4.69, 9.17) is 5.73 Å². The topological polar surface area (TPSA) is 67.1 Å². The minimum absolute atomic E-state index is 0.361. The van der Waals surface area contributed by atoms with Gasteiger partial charge in [0.05, 0.1) is 10.2 Å². The first kappa shape index (κ1) is 14.9. The van der Waals surface area contributed by atoms with Crippen molar-refractivity contribution >= 4 is 59.3 Å². The number of hydrogen-bond donors (Lipinski definition) is 2. The van der Waals surface area contributed by atoms with E-state index < -0.39 is 0 Å². The summed E-state index contributed by atoms with van der Waals surface area (Å²) in [5, 5.41) is 4.81. The largest absolute Gasteiger partial charge is 0.368 e. The molecule has 2 aliphatic heterocycles. The lowest BCUT2D eigenvalue weighted by atomic mass is 9.94. The number of anilines is 2. The zero-order valence-electron chi connectivity index (χ0n) is 13.1. The standard InChI is InChI=1S/C17H18BrN5S/c18-10-3-4-13-11(6-10)14-15(24-13)16(22-17(19)21-14)23-7-9-2-1-5-20-12(9)8-23/h3-4,6,9,12,20H,1-2,5,7-8H2,(H2,19,21,22). The highest BCUT2D eigenvalue weighted by atomic mass is 79.9.